The van der Waals surface area contributed by atoms with Crippen LogP contribution in [-0.4, -0.2) is 18.8 Å². The van der Waals surface area contributed by atoms with Crippen LogP contribution < -0.4 is 10.6 Å². The largest absolute Gasteiger partial charge is 0.405 e. The Morgan fingerprint density at radius 3 is 2.33 bits per heavy atom. The van der Waals surface area contributed by atoms with Crippen LogP contribution in [0.5, 0.6) is 0 Å². The molecule has 0 heterocycles. The van der Waals surface area contributed by atoms with E-state index < -0.39 is 18.5 Å². The van der Waals surface area contributed by atoms with Crippen molar-refractivity contribution in [1.29, 1.82) is 0 Å². The molecule has 0 atom stereocenters. The van der Waals surface area contributed by atoms with Gasteiger partial charge in [-0.2, -0.15) is 13.2 Å². The molecule has 6 heteroatoms. The van der Waals surface area contributed by atoms with Gasteiger partial charge in [0.1, 0.15) is 12.4 Å². The second kappa shape index (κ2) is 5.56. The van der Waals surface area contributed by atoms with Crippen molar-refractivity contribution in [3.63, 3.8) is 0 Å². The molecule has 0 aliphatic carbocycles. The predicted molar refractivity (Wildman–Crippen MR) is 62.8 cm³/mol. The number of benzene rings is 1. The lowest BCUT2D eigenvalue weighted by Crippen LogP contribution is -2.39. The molecule has 1 aromatic rings. The first kappa shape index (κ1) is 14.8. The summed E-state index contributed by atoms with van der Waals surface area (Å²) in [5, 5.41) is 0. The minimum Gasteiger partial charge on any atom is -0.360 e. The fourth-order valence-corrected chi connectivity index (χ4v) is 1.74. The predicted octanol–water partition coefficient (Wildman–Crippen LogP) is 3.06. The Balaban J connectivity index is 3.13. The summed E-state index contributed by atoms with van der Waals surface area (Å²) in [6, 6.07) is 3.28. The summed E-state index contributed by atoms with van der Waals surface area (Å²) >= 11 is 0. The molecular formula is C12H16F4N2. The molecule has 2 nitrogen and oxygen atoms in total. The van der Waals surface area contributed by atoms with Crippen molar-refractivity contribution in [1.82, 2.24) is 0 Å². The van der Waals surface area contributed by atoms with E-state index in [2.05, 4.69) is 0 Å². The van der Waals surface area contributed by atoms with Crippen molar-refractivity contribution in [3.05, 3.63) is 29.6 Å². The lowest BCUT2D eigenvalue weighted by Gasteiger charge is -2.31. The highest BCUT2D eigenvalue weighted by Crippen LogP contribution is 2.27. The van der Waals surface area contributed by atoms with E-state index >= 15 is 0 Å². The highest BCUT2D eigenvalue weighted by atomic mass is 19.4. The third-order valence-corrected chi connectivity index (χ3v) is 2.54. The Labute approximate surface area is 103 Å². The summed E-state index contributed by atoms with van der Waals surface area (Å²) in [7, 11) is 0. The van der Waals surface area contributed by atoms with Gasteiger partial charge in [0.05, 0.1) is 0 Å². The molecule has 0 aromatic heterocycles. The average Bonchev–Trinajstić information content (AvgIpc) is 2.24. The molecule has 2 N–H and O–H groups in total. The lowest BCUT2D eigenvalue weighted by atomic mass is 10.1. The molecule has 18 heavy (non-hydrogen) atoms. The van der Waals surface area contributed by atoms with Gasteiger partial charge in [0.15, 0.2) is 0 Å². The van der Waals surface area contributed by atoms with Gasteiger partial charge in [0, 0.05) is 18.3 Å². The van der Waals surface area contributed by atoms with Crippen LogP contribution in [0.4, 0.5) is 23.2 Å². The quantitative estimate of drug-likeness (QED) is 0.847. The van der Waals surface area contributed by atoms with Gasteiger partial charge in [0.2, 0.25) is 0 Å². The Hall–Kier alpha value is -1.30. The maximum atomic E-state index is 13.0. The molecule has 0 aliphatic heterocycles. The van der Waals surface area contributed by atoms with Crippen molar-refractivity contribution in [2.24, 2.45) is 5.73 Å². The standard InChI is InChI=1S/C12H16F4N2/c1-8(2)18(7-12(14,15)16)11-4-3-10(13)5-9(11)6-17/h3-5,8H,6-7,17H2,1-2H3. The van der Waals surface area contributed by atoms with Gasteiger partial charge >= 0.3 is 6.18 Å². The molecular weight excluding hydrogens is 248 g/mol. The number of hydrogen-bond acceptors (Lipinski definition) is 2. The van der Waals surface area contributed by atoms with Gasteiger partial charge in [-0.05, 0) is 37.6 Å². The van der Waals surface area contributed by atoms with Crippen molar-refractivity contribution in [3.8, 4) is 0 Å². The molecule has 0 aliphatic rings. The van der Waals surface area contributed by atoms with E-state index in [1.54, 1.807) is 13.8 Å². The second-order valence-electron chi connectivity index (χ2n) is 4.31. The molecule has 0 unspecified atom stereocenters. The van der Waals surface area contributed by atoms with Crippen LogP contribution in [0.2, 0.25) is 0 Å². The van der Waals surface area contributed by atoms with Gasteiger partial charge in [-0.1, -0.05) is 0 Å². The topological polar surface area (TPSA) is 29.3 Å². The highest BCUT2D eigenvalue weighted by Gasteiger charge is 2.32. The van der Waals surface area contributed by atoms with Crippen LogP contribution in [0.15, 0.2) is 18.2 Å². The third-order valence-electron chi connectivity index (χ3n) is 2.54. The zero-order valence-electron chi connectivity index (χ0n) is 10.3. The third kappa shape index (κ3) is 3.87. The van der Waals surface area contributed by atoms with Crippen LogP contribution >= 0.6 is 0 Å². The van der Waals surface area contributed by atoms with E-state index in [1.807, 2.05) is 0 Å². The number of hydrogen-bond donors (Lipinski definition) is 1. The van der Waals surface area contributed by atoms with Gasteiger partial charge in [0.25, 0.3) is 0 Å². The summed E-state index contributed by atoms with van der Waals surface area (Å²) in [5.74, 6) is -0.505. The highest BCUT2D eigenvalue weighted by molar-refractivity contribution is 5.54. The van der Waals surface area contributed by atoms with Crippen LogP contribution in [0.1, 0.15) is 19.4 Å². The number of alkyl halides is 3. The summed E-state index contributed by atoms with van der Waals surface area (Å²) < 4.78 is 50.6. The molecule has 0 amide bonds. The van der Waals surface area contributed by atoms with Crippen LogP contribution in [0.3, 0.4) is 0 Å². The Kier molecular flexibility index (Phi) is 4.56. The maximum Gasteiger partial charge on any atom is 0.405 e. The van der Waals surface area contributed by atoms with Crippen molar-refractivity contribution >= 4 is 5.69 Å². The fraction of sp³-hybridized carbons (Fsp3) is 0.500. The Bertz CT molecular complexity index is 402. The molecule has 102 valence electrons. The number of halogens is 4. The average molecular weight is 264 g/mol. The van der Waals surface area contributed by atoms with Gasteiger partial charge in [-0.25, -0.2) is 4.39 Å². The van der Waals surface area contributed by atoms with Crippen LogP contribution in [0.25, 0.3) is 0 Å². The van der Waals surface area contributed by atoms with Gasteiger partial charge < -0.3 is 10.6 Å². The van der Waals surface area contributed by atoms with Gasteiger partial charge in [-0.3, -0.25) is 0 Å². The van der Waals surface area contributed by atoms with Crippen LogP contribution in [0, 0.1) is 5.82 Å². The Morgan fingerprint density at radius 1 is 1.28 bits per heavy atom. The molecule has 0 spiro atoms. The molecule has 0 bridgehead atoms. The summed E-state index contributed by atoms with van der Waals surface area (Å²) in [6.07, 6.45) is -4.31. The molecule has 1 rings (SSSR count). The molecule has 0 fully saturated rings. The second-order valence-corrected chi connectivity index (χ2v) is 4.31. The molecule has 0 saturated heterocycles. The maximum absolute atomic E-state index is 13.0. The zero-order valence-corrected chi connectivity index (χ0v) is 10.3. The normalized spacial score (nSPS) is 12.0. The van der Waals surface area contributed by atoms with Crippen molar-refractivity contribution in [2.75, 3.05) is 11.4 Å². The number of anilines is 1. The molecule has 0 saturated carbocycles. The number of nitrogens with two attached hydrogens (primary N) is 1. The minimum absolute atomic E-state index is 0.00578. The first-order valence-electron chi connectivity index (χ1n) is 5.56. The zero-order chi connectivity index (χ0) is 13.9. The molecule has 1 aromatic carbocycles. The van der Waals surface area contributed by atoms with E-state index in [0.717, 1.165) is 6.07 Å². The first-order valence-corrected chi connectivity index (χ1v) is 5.56. The van der Waals surface area contributed by atoms with Crippen LogP contribution in [-0.2, 0) is 6.54 Å². The van der Waals surface area contributed by atoms with Crippen molar-refractivity contribution in [2.45, 2.75) is 32.6 Å². The van der Waals surface area contributed by atoms with Crippen molar-refractivity contribution < 1.29 is 17.6 Å². The fourth-order valence-electron chi connectivity index (χ4n) is 1.74. The van der Waals surface area contributed by atoms with Gasteiger partial charge in [-0.15, -0.1) is 0 Å². The van der Waals surface area contributed by atoms with E-state index in [9.17, 15) is 17.6 Å². The summed E-state index contributed by atoms with van der Waals surface area (Å²) in [6.45, 7) is 2.21. The lowest BCUT2D eigenvalue weighted by molar-refractivity contribution is -0.120. The minimum atomic E-state index is -4.31. The smallest absolute Gasteiger partial charge is 0.360 e. The summed E-state index contributed by atoms with van der Waals surface area (Å²) in [5.41, 5.74) is 6.14. The van der Waals surface area contributed by atoms with E-state index in [0.29, 0.717) is 11.3 Å². The number of rotatable bonds is 4. The first-order chi connectivity index (χ1) is 8.24. The Morgan fingerprint density at radius 2 is 1.89 bits per heavy atom. The van der Waals surface area contributed by atoms with E-state index in [1.165, 1.54) is 17.0 Å². The molecule has 0 radical (unpaired) electrons. The summed E-state index contributed by atoms with van der Waals surface area (Å²) in [4.78, 5) is 1.17. The van der Waals surface area contributed by atoms with E-state index in [-0.39, 0.29) is 12.6 Å². The monoisotopic (exact) mass is 264 g/mol. The van der Waals surface area contributed by atoms with E-state index in [4.69, 9.17) is 5.73 Å². The SMILES string of the molecule is CC(C)N(CC(F)(F)F)c1ccc(F)cc1CN. The number of nitrogens with zero attached hydrogens (tertiary/aromatic N) is 1.